The zero-order valence-electron chi connectivity index (χ0n) is 20.9. The van der Waals surface area contributed by atoms with E-state index in [1.165, 1.54) is 41.6 Å². The van der Waals surface area contributed by atoms with Crippen LogP contribution >= 0.6 is 11.6 Å². The van der Waals surface area contributed by atoms with Gasteiger partial charge in [-0.1, -0.05) is 11.6 Å². The largest absolute Gasteiger partial charge is 0.478 e. The van der Waals surface area contributed by atoms with E-state index in [4.69, 9.17) is 16.7 Å². The van der Waals surface area contributed by atoms with Crippen molar-refractivity contribution in [2.45, 2.75) is 19.0 Å². The molecule has 2 heterocycles. The van der Waals surface area contributed by atoms with Crippen molar-refractivity contribution in [3.63, 3.8) is 0 Å². The van der Waals surface area contributed by atoms with Crippen molar-refractivity contribution in [2.75, 3.05) is 11.9 Å². The van der Waals surface area contributed by atoms with E-state index in [1.54, 1.807) is 42.6 Å². The van der Waals surface area contributed by atoms with Gasteiger partial charge in [0.15, 0.2) is 0 Å². The molecule has 4 rings (SSSR count). The minimum absolute atomic E-state index is 0.0346. The zero-order valence-corrected chi connectivity index (χ0v) is 21.7. The van der Waals surface area contributed by atoms with Crippen molar-refractivity contribution >= 4 is 41.1 Å². The lowest BCUT2D eigenvalue weighted by Gasteiger charge is -2.19. The molecule has 2 aromatic carbocycles. The normalized spacial score (nSPS) is 11.6. The van der Waals surface area contributed by atoms with Gasteiger partial charge in [0.05, 0.1) is 35.7 Å². The fourth-order valence-electron chi connectivity index (χ4n) is 3.61. The molecule has 0 aliphatic rings. The van der Waals surface area contributed by atoms with Crippen LogP contribution in [-0.4, -0.2) is 65.7 Å². The van der Waals surface area contributed by atoms with Crippen molar-refractivity contribution in [3.8, 4) is 5.69 Å². The molecule has 1 atom stereocenters. The highest BCUT2D eigenvalue weighted by atomic mass is 35.5. The Balaban J connectivity index is 1.43. The monoisotopic (exact) mass is 561 g/mol. The third-order valence-electron chi connectivity index (χ3n) is 5.55. The number of nitrogens with zero attached hydrogens (tertiary/aromatic N) is 6. The van der Waals surface area contributed by atoms with E-state index in [0.29, 0.717) is 27.7 Å². The first kappa shape index (κ1) is 27.9. The Bertz CT molecular complexity index is 1480. The van der Waals surface area contributed by atoms with Gasteiger partial charge in [-0.2, -0.15) is 4.68 Å². The Kier molecular flexibility index (Phi) is 9.45. The Labute approximate surface area is 233 Å². The van der Waals surface area contributed by atoms with Crippen LogP contribution in [-0.2, 0) is 16.1 Å². The fourth-order valence-corrected chi connectivity index (χ4v) is 3.79. The summed E-state index contributed by atoms with van der Waals surface area (Å²) in [7, 11) is 0. The van der Waals surface area contributed by atoms with Crippen LogP contribution in [0.15, 0.2) is 73.5 Å². The van der Waals surface area contributed by atoms with Gasteiger partial charge < -0.3 is 21.1 Å². The molecule has 14 heteroatoms. The maximum Gasteiger partial charge on any atom is 0.335 e. The van der Waals surface area contributed by atoms with Crippen molar-refractivity contribution < 1.29 is 19.5 Å². The van der Waals surface area contributed by atoms with Gasteiger partial charge >= 0.3 is 5.97 Å². The Morgan fingerprint density at radius 2 is 1.93 bits per heavy atom. The molecule has 0 saturated heterocycles. The average Bonchev–Trinajstić information content (AvgIpc) is 3.49. The van der Waals surface area contributed by atoms with Gasteiger partial charge in [0.1, 0.15) is 6.33 Å². The molecule has 40 heavy (non-hydrogen) atoms. The number of hydrogen-bond donors (Lipinski definition) is 4. The molecule has 204 valence electrons. The number of carbonyl (C=O) groups is 3. The molecule has 0 aliphatic heterocycles. The Morgan fingerprint density at radius 3 is 2.62 bits per heavy atom. The molecule has 0 spiro atoms. The summed E-state index contributed by atoms with van der Waals surface area (Å²) in [6, 6.07) is 10.6. The van der Waals surface area contributed by atoms with E-state index in [9.17, 15) is 14.4 Å². The molecule has 0 bridgehead atoms. The van der Waals surface area contributed by atoms with Crippen LogP contribution in [0.5, 0.6) is 0 Å². The maximum absolute atomic E-state index is 12.9. The van der Waals surface area contributed by atoms with E-state index < -0.39 is 17.9 Å². The molecule has 4 aromatic rings. The molecule has 13 nitrogen and oxygen atoms in total. The molecule has 4 N–H and O–H groups in total. The molecule has 2 aromatic heterocycles. The molecule has 0 fully saturated rings. The number of carboxylic acids is 1. The highest BCUT2D eigenvalue weighted by molar-refractivity contribution is 6.30. The average molecular weight is 562 g/mol. The predicted molar refractivity (Wildman–Crippen MR) is 146 cm³/mol. The number of nitrogens with one attached hydrogen (secondary N) is 3. The zero-order chi connectivity index (χ0) is 28.3. The van der Waals surface area contributed by atoms with Crippen LogP contribution < -0.4 is 16.0 Å². The highest BCUT2D eigenvalue weighted by Gasteiger charge is 2.16. The summed E-state index contributed by atoms with van der Waals surface area (Å²) in [5, 5.41) is 29.4. The third kappa shape index (κ3) is 8.16. The third-order valence-corrected chi connectivity index (χ3v) is 5.78. The number of carboxylic acid groups (broad SMARTS) is 1. The lowest BCUT2D eigenvalue weighted by atomic mass is 10.1. The van der Waals surface area contributed by atoms with E-state index in [-0.39, 0.29) is 31.0 Å². The second-order valence-corrected chi connectivity index (χ2v) is 8.87. The first-order valence-corrected chi connectivity index (χ1v) is 12.4. The van der Waals surface area contributed by atoms with Crippen LogP contribution in [0.1, 0.15) is 28.0 Å². The van der Waals surface area contributed by atoms with Gasteiger partial charge in [-0.05, 0) is 59.0 Å². The van der Waals surface area contributed by atoms with Crippen LogP contribution in [0.2, 0.25) is 5.02 Å². The van der Waals surface area contributed by atoms with Gasteiger partial charge in [-0.3, -0.25) is 19.6 Å². The molecular weight excluding hydrogens is 538 g/mol. The minimum Gasteiger partial charge on any atom is -0.478 e. The summed E-state index contributed by atoms with van der Waals surface area (Å²) in [6.07, 6.45) is 8.90. The minimum atomic E-state index is -1.04. The molecule has 0 aliphatic carbocycles. The van der Waals surface area contributed by atoms with E-state index >= 15 is 0 Å². The van der Waals surface area contributed by atoms with Gasteiger partial charge in [0.2, 0.25) is 11.8 Å². The number of aromatic carboxylic acids is 1. The van der Waals surface area contributed by atoms with Crippen molar-refractivity contribution in [1.29, 1.82) is 0 Å². The standard InChI is InChI=1S/C26H24ClN9O4/c27-19-4-7-23(36-16-32-34-35-36)18(11-19)3-8-24(37)33-21(12-25(38)31-15-22-13-28-9-10-29-22)14-30-20-5-1-17(2-6-20)26(39)40/h1-11,13,16,21,30H,12,14-15H2,(H,31,38)(H,33,37)(H,39,40)/b8-3+. The highest BCUT2D eigenvalue weighted by Crippen LogP contribution is 2.20. The van der Waals surface area contributed by atoms with Gasteiger partial charge in [0, 0.05) is 47.7 Å². The van der Waals surface area contributed by atoms with Crippen LogP contribution in [0.4, 0.5) is 5.69 Å². The predicted octanol–water partition coefficient (Wildman–Crippen LogP) is 2.12. The van der Waals surface area contributed by atoms with Crippen molar-refractivity contribution in [2.24, 2.45) is 0 Å². The van der Waals surface area contributed by atoms with Crippen LogP contribution in [0.25, 0.3) is 11.8 Å². The SMILES string of the molecule is O=C(/C=C/c1cc(Cl)ccc1-n1cnnn1)NC(CNc1ccc(C(=O)O)cc1)CC(=O)NCc1cnccn1. The summed E-state index contributed by atoms with van der Waals surface area (Å²) >= 11 is 6.15. The smallest absolute Gasteiger partial charge is 0.335 e. The topological polar surface area (TPSA) is 177 Å². The number of halogens is 1. The number of carbonyl (C=O) groups excluding carboxylic acids is 2. The quantitative estimate of drug-likeness (QED) is 0.187. The molecule has 1 unspecified atom stereocenters. The lowest BCUT2D eigenvalue weighted by Crippen LogP contribution is -2.42. The summed E-state index contributed by atoms with van der Waals surface area (Å²) in [4.78, 5) is 44.8. The lowest BCUT2D eigenvalue weighted by molar-refractivity contribution is -0.122. The molecule has 0 saturated carbocycles. The van der Waals surface area contributed by atoms with Crippen molar-refractivity contribution in [1.82, 2.24) is 40.8 Å². The summed E-state index contributed by atoms with van der Waals surface area (Å²) in [5.41, 5.74) is 2.58. The fraction of sp³-hybridized carbons (Fsp3) is 0.154. The second-order valence-electron chi connectivity index (χ2n) is 8.44. The second kappa shape index (κ2) is 13.6. The van der Waals surface area contributed by atoms with Crippen LogP contribution in [0.3, 0.4) is 0 Å². The Hall–Kier alpha value is -5.17. The van der Waals surface area contributed by atoms with Crippen LogP contribution in [0, 0.1) is 0 Å². The maximum atomic E-state index is 12.9. The number of rotatable bonds is 12. The van der Waals surface area contributed by atoms with Gasteiger partial charge in [-0.25, -0.2) is 4.79 Å². The molecular formula is C26H24ClN9O4. The number of anilines is 1. The number of hydrogen-bond acceptors (Lipinski definition) is 9. The Morgan fingerprint density at radius 1 is 1.10 bits per heavy atom. The molecule has 2 amide bonds. The first-order valence-electron chi connectivity index (χ1n) is 12.0. The summed E-state index contributed by atoms with van der Waals surface area (Å²) in [5.74, 6) is -1.79. The van der Waals surface area contributed by atoms with E-state index in [2.05, 4.69) is 41.4 Å². The van der Waals surface area contributed by atoms with E-state index in [0.717, 1.165) is 0 Å². The number of tetrazole rings is 1. The number of amides is 2. The first-order chi connectivity index (χ1) is 19.4. The summed E-state index contributed by atoms with van der Waals surface area (Å²) < 4.78 is 1.44. The molecule has 0 radical (unpaired) electrons. The summed E-state index contributed by atoms with van der Waals surface area (Å²) in [6.45, 7) is 0.379. The number of aromatic nitrogens is 6. The van der Waals surface area contributed by atoms with Gasteiger partial charge in [-0.15, -0.1) is 5.10 Å². The van der Waals surface area contributed by atoms with E-state index in [1.807, 2.05) is 0 Å². The van der Waals surface area contributed by atoms with Crippen molar-refractivity contribution in [3.05, 3.63) is 95.3 Å². The number of benzene rings is 2. The van der Waals surface area contributed by atoms with Gasteiger partial charge in [0.25, 0.3) is 0 Å².